The molecule has 5 nitrogen and oxygen atoms in total. The van der Waals surface area contributed by atoms with E-state index in [1.54, 1.807) is 18.2 Å². The predicted octanol–water partition coefficient (Wildman–Crippen LogP) is 4.22. The summed E-state index contributed by atoms with van der Waals surface area (Å²) in [6, 6.07) is 11.7. The summed E-state index contributed by atoms with van der Waals surface area (Å²) in [7, 11) is -3.71. The zero-order chi connectivity index (χ0) is 20.5. The van der Waals surface area contributed by atoms with Crippen molar-refractivity contribution in [1.82, 2.24) is 4.90 Å². The van der Waals surface area contributed by atoms with Crippen LogP contribution >= 0.6 is 0 Å². The van der Waals surface area contributed by atoms with Crippen molar-refractivity contribution in [2.24, 2.45) is 11.8 Å². The minimum absolute atomic E-state index is 0.0372. The molecule has 0 spiro atoms. The van der Waals surface area contributed by atoms with Gasteiger partial charge in [-0.15, -0.1) is 0 Å². The Kier molecular flexibility index (Phi) is 5.79. The lowest BCUT2D eigenvalue weighted by atomic mass is 9.91. The SMILES string of the molecule is Cc1cccc(NS(=O)(=O)c2ccc(C(=O)N3C[C@H](C)C[C@H](C)C3)cc2)c1C. The summed E-state index contributed by atoms with van der Waals surface area (Å²) in [6.07, 6.45) is 1.13. The average molecular weight is 401 g/mol. The van der Waals surface area contributed by atoms with Crippen molar-refractivity contribution in [2.45, 2.75) is 39.0 Å². The van der Waals surface area contributed by atoms with Crippen LogP contribution in [0.1, 0.15) is 41.8 Å². The van der Waals surface area contributed by atoms with Gasteiger partial charge in [0.05, 0.1) is 10.6 Å². The molecular formula is C22H28N2O3S. The van der Waals surface area contributed by atoms with Crippen molar-refractivity contribution in [3.63, 3.8) is 0 Å². The fraction of sp³-hybridized carbons (Fsp3) is 0.409. The van der Waals surface area contributed by atoms with Crippen LogP contribution in [-0.4, -0.2) is 32.3 Å². The number of benzene rings is 2. The maximum Gasteiger partial charge on any atom is 0.261 e. The van der Waals surface area contributed by atoms with Gasteiger partial charge in [0, 0.05) is 18.7 Å². The van der Waals surface area contributed by atoms with Gasteiger partial charge < -0.3 is 4.90 Å². The third-order valence-electron chi connectivity index (χ3n) is 5.42. The molecule has 1 aliphatic heterocycles. The van der Waals surface area contributed by atoms with Crippen molar-refractivity contribution < 1.29 is 13.2 Å². The number of nitrogens with zero attached hydrogens (tertiary/aromatic N) is 1. The van der Waals surface area contributed by atoms with Crippen LogP contribution in [0, 0.1) is 25.7 Å². The first-order chi connectivity index (χ1) is 13.2. The first kappa shape index (κ1) is 20.4. The minimum Gasteiger partial charge on any atom is -0.338 e. The molecule has 2 aromatic carbocycles. The molecule has 1 aliphatic rings. The molecule has 2 aromatic rings. The zero-order valence-corrected chi connectivity index (χ0v) is 17.7. The van der Waals surface area contributed by atoms with Crippen LogP contribution in [0.4, 0.5) is 5.69 Å². The van der Waals surface area contributed by atoms with Gasteiger partial charge in [0.25, 0.3) is 15.9 Å². The molecule has 1 heterocycles. The van der Waals surface area contributed by atoms with E-state index in [4.69, 9.17) is 0 Å². The van der Waals surface area contributed by atoms with E-state index in [1.165, 1.54) is 12.1 Å². The number of aryl methyl sites for hydroxylation is 1. The number of anilines is 1. The summed E-state index contributed by atoms with van der Waals surface area (Å²) >= 11 is 0. The second-order valence-corrected chi connectivity index (χ2v) is 9.72. The van der Waals surface area contributed by atoms with Gasteiger partial charge in [-0.2, -0.15) is 0 Å². The fourth-order valence-electron chi connectivity index (χ4n) is 3.85. The number of amides is 1. The highest BCUT2D eigenvalue weighted by molar-refractivity contribution is 7.92. The van der Waals surface area contributed by atoms with Gasteiger partial charge in [0.2, 0.25) is 0 Å². The quantitative estimate of drug-likeness (QED) is 0.835. The smallest absolute Gasteiger partial charge is 0.261 e. The number of nitrogens with one attached hydrogen (secondary N) is 1. The Hall–Kier alpha value is -2.34. The second kappa shape index (κ2) is 7.95. The Morgan fingerprint density at radius 3 is 2.21 bits per heavy atom. The number of rotatable bonds is 4. The molecule has 2 atom stereocenters. The monoisotopic (exact) mass is 400 g/mol. The van der Waals surface area contributed by atoms with Crippen molar-refractivity contribution in [3.8, 4) is 0 Å². The van der Waals surface area contributed by atoms with E-state index < -0.39 is 10.0 Å². The summed E-state index contributed by atoms with van der Waals surface area (Å²) in [5.74, 6) is 0.924. The molecule has 28 heavy (non-hydrogen) atoms. The highest BCUT2D eigenvalue weighted by Gasteiger charge is 2.26. The van der Waals surface area contributed by atoms with Crippen LogP contribution < -0.4 is 4.72 Å². The molecule has 0 unspecified atom stereocenters. The fourth-order valence-corrected chi connectivity index (χ4v) is 4.98. The lowest BCUT2D eigenvalue weighted by molar-refractivity contribution is 0.0623. The number of hydrogen-bond acceptors (Lipinski definition) is 3. The molecule has 3 rings (SSSR count). The Labute approximate surface area is 167 Å². The Balaban J connectivity index is 1.78. The zero-order valence-electron chi connectivity index (χ0n) is 16.9. The minimum atomic E-state index is -3.71. The van der Waals surface area contributed by atoms with Crippen LogP contribution in [-0.2, 0) is 10.0 Å². The number of likely N-dealkylation sites (tertiary alicyclic amines) is 1. The van der Waals surface area contributed by atoms with E-state index >= 15 is 0 Å². The summed E-state index contributed by atoms with van der Waals surface area (Å²) in [5, 5.41) is 0. The third kappa shape index (κ3) is 4.38. The van der Waals surface area contributed by atoms with Crippen molar-refractivity contribution in [3.05, 3.63) is 59.2 Å². The van der Waals surface area contributed by atoms with Crippen molar-refractivity contribution >= 4 is 21.6 Å². The molecule has 0 radical (unpaired) electrons. The van der Waals surface area contributed by atoms with Crippen LogP contribution in [0.5, 0.6) is 0 Å². The molecule has 1 N–H and O–H groups in total. The normalized spacial score (nSPS) is 20.1. The molecule has 6 heteroatoms. The van der Waals surface area contributed by atoms with E-state index in [1.807, 2.05) is 30.9 Å². The van der Waals surface area contributed by atoms with Gasteiger partial charge in [-0.3, -0.25) is 9.52 Å². The Morgan fingerprint density at radius 1 is 1.00 bits per heavy atom. The standard InChI is InChI=1S/C22H28N2O3S/c1-15-12-16(2)14-24(13-15)22(25)19-8-10-20(11-9-19)28(26,27)23-21-7-5-6-17(3)18(21)4/h5-11,15-16,23H,12-14H2,1-4H3/t15-,16+. The maximum absolute atomic E-state index is 12.8. The Morgan fingerprint density at radius 2 is 1.61 bits per heavy atom. The lowest BCUT2D eigenvalue weighted by Crippen LogP contribution is -2.42. The van der Waals surface area contributed by atoms with Crippen molar-refractivity contribution in [1.29, 1.82) is 0 Å². The van der Waals surface area contributed by atoms with E-state index in [-0.39, 0.29) is 10.8 Å². The summed E-state index contributed by atoms with van der Waals surface area (Å²) in [5.41, 5.74) is 3.00. The van der Waals surface area contributed by atoms with E-state index in [2.05, 4.69) is 18.6 Å². The number of carbonyl (C=O) groups is 1. The number of carbonyl (C=O) groups excluding carboxylic acids is 1. The molecule has 0 saturated carbocycles. The van der Waals surface area contributed by atoms with Crippen LogP contribution in [0.25, 0.3) is 0 Å². The highest BCUT2D eigenvalue weighted by Crippen LogP contribution is 2.24. The van der Waals surface area contributed by atoms with E-state index in [9.17, 15) is 13.2 Å². The van der Waals surface area contributed by atoms with Gasteiger partial charge in [-0.25, -0.2) is 8.42 Å². The van der Waals surface area contributed by atoms with Crippen LogP contribution in [0.2, 0.25) is 0 Å². The molecule has 1 fully saturated rings. The largest absolute Gasteiger partial charge is 0.338 e. The molecule has 0 bridgehead atoms. The molecule has 1 amide bonds. The van der Waals surface area contributed by atoms with Crippen LogP contribution in [0.15, 0.2) is 47.4 Å². The predicted molar refractivity (Wildman–Crippen MR) is 112 cm³/mol. The van der Waals surface area contributed by atoms with Gasteiger partial charge in [-0.05, 0) is 73.6 Å². The van der Waals surface area contributed by atoms with E-state index in [0.29, 0.717) is 23.1 Å². The summed E-state index contributed by atoms with van der Waals surface area (Å²) in [4.78, 5) is 14.8. The first-order valence-corrected chi connectivity index (χ1v) is 11.1. The molecule has 0 aromatic heterocycles. The molecular weight excluding hydrogens is 372 g/mol. The highest BCUT2D eigenvalue weighted by atomic mass is 32.2. The molecule has 150 valence electrons. The van der Waals surface area contributed by atoms with Gasteiger partial charge in [0.1, 0.15) is 0 Å². The molecule has 0 aliphatic carbocycles. The summed E-state index contributed by atoms with van der Waals surface area (Å²) in [6.45, 7) is 9.63. The Bertz CT molecular complexity index is 958. The van der Waals surface area contributed by atoms with E-state index in [0.717, 1.165) is 30.6 Å². The maximum atomic E-state index is 12.8. The first-order valence-electron chi connectivity index (χ1n) is 9.65. The summed E-state index contributed by atoms with van der Waals surface area (Å²) < 4.78 is 28.1. The van der Waals surface area contributed by atoms with Gasteiger partial charge in [0.15, 0.2) is 0 Å². The average Bonchev–Trinajstić information content (AvgIpc) is 2.64. The van der Waals surface area contributed by atoms with Crippen LogP contribution in [0.3, 0.4) is 0 Å². The lowest BCUT2D eigenvalue weighted by Gasteiger charge is -2.35. The van der Waals surface area contributed by atoms with Gasteiger partial charge in [-0.1, -0.05) is 26.0 Å². The van der Waals surface area contributed by atoms with Gasteiger partial charge >= 0.3 is 0 Å². The van der Waals surface area contributed by atoms with Crippen molar-refractivity contribution in [2.75, 3.05) is 17.8 Å². The topological polar surface area (TPSA) is 66.5 Å². The number of piperidine rings is 1. The number of sulfonamides is 1. The second-order valence-electron chi connectivity index (χ2n) is 8.03. The molecule has 1 saturated heterocycles. The third-order valence-corrected chi connectivity index (χ3v) is 6.80. The number of hydrogen-bond donors (Lipinski definition) is 1.